The maximum Gasteiger partial charge on any atom is 0.0364 e. The highest BCUT2D eigenvalue weighted by Gasteiger charge is 1.90. The lowest BCUT2D eigenvalue weighted by Crippen LogP contribution is -1.91. The van der Waals surface area contributed by atoms with E-state index >= 15 is 0 Å². The first-order valence-electron chi connectivity index (χ1n) is 5.21. The van der Waals surface area contributed by atoms with Crippen molar-refractivity contribution in [2.75, 3.05) is 22.9 Å². The summed E-state index contributed by atoms with van der Waals surface area (Å²) in [6.07, 6.45) is 0. The number of rotatable bonds is 0. The summed E-state index contributed by atoms with van der Waals surface area (Å²) in [6.45, 7) is 1.95. The largest absolute Gasteiger partial charge is 0.399 e. The fraction of sp³-hybridized carbons (Fsp3) is 0.0769. The number of anilines is 4. The van der Waals surface area contributed by atoms with Gasteiger partial charge in [0.15, 0.2) is 0 Å². The second kappa shape index (κ2) is 5.65. The van der Waals surface area contributed by atoms with Gasteiger partial charge < -0.3 is 22.9 Å². The Morgan fingerprint density at radius 2 is 1.06 bits per heavy atom. The van der Waals surface area contributed by atoms with Crippen molar-refractivity contribution in [2.24, 2.45) is 0 Å². The molecule has 4 heteroatoms. The molecule has 0 fully saturated rings. The van der Waals surface area contributed by atoms with Crippen molar-refractivity contribution in [1.82, 2.24) is 0 Å². The van der Waals surface area contributed by atoms with Crippen molar-refractivity contribution in [1.29, 1.82) is 0 Å². The molecule has 0 heterocycles. The maximum absolute atomic E-state index is 5.54. The van der Waals surface area contributed by atoms with Crippen molar-refractivity contribution in [3.8, 4) is 0 Å². The zero-order valence-corrected chi connectivity index (χ0v) is 9.85. The highest BCUT2D eigenvalue weighted by Crippen LogP contribution is 2.13. The zero-order chi connectivity index (χ0) is 12.8. The highest BCUT2D eigenvalue weighted by atomic mass is 14.6. The summed E-state index contributed by atoms with van der Waals surface area (Å²) in [6, 6.07) is 12.6. The molecule has 0 bridgehead atoms. The molecule has 0 atom stereocenters. The lowest BCUT2D eigenvalue weighted by Gasteiger charge is -1.98. The molecule has 0 saturated carbocycles. The molecule has 8 N–H and O–H groups in total. The van der Waals surface area contributed by atoms with E-state index in [4.69, 9.17) is 22.9 Å². The first-order valence-corrected chi connectivity index (χ1v) is 5.21. The van der Waals surface area contributed by atoms with Crippen molar-refractivity contribution in [3.63, 3.8) is 0 Å². The van der Waals surface area contributed by atoms with Crippen LogP contribution < -0.4 is 22.9 Å². The quantitative estimate of drug-likeness (QED) is 0.519. The van der Waals surface area contributed by atoms with E-state index in [1.54, 1.807) is 30.3 Å². The number of nitrogen functional groups attached to an aromatic ring is 4. The molecule has 4 nitrogen and oxygen atoms in total. The van der Waals surface area contributed by atoms with Gasteiger partial charge in [-0.15, -0.1) is 0 Å². The molecule has 0 aliphatic heterocycles. The van der Waals surface area contributed by atoms with Gasteiger partial charge in [-0.3, -0.25) is 0 Å². The topological polar surface area (TPSA) is 104 Å². The first-order chi connectivity index (χ1) is 7.99. The molecule has 0 unspecified atom stereocenters. The zero-order valence-electron chi connectivity index (χ0n) is 9.85. The molecule has 0 amide bonds. The molecule has 90 valence electrons. The average molecular weight is 230 g/mol. The van der Waals surface area contributed by atoms with Crippen molar-refractivity contribution in [2.45, 2.75) is 6.92 Å². The van der Waals surface area contributed by atoms with Crippen molar-refractivity contribution >= 4 is 22.7 Å². The number of hydrogen-bond acceptors (Lipinski definition) is 4. The van der Waals surface area contributed by atoms with Gasteiger partial charge in [-0.25, -0.2) is 0 Å². The lowest BCUT2D eigenvalue weighted by molar-refractivity contribution is 1.47. The minimum absolute atomic E-state index is 0.720. The van der Waals surface area contributed by atoms with E-state index in [9.17, 15) is 0 Å². The van der Waals surface area contributed by atoms with Crippen LogP contribution in [0.1, 0.15) is 5.56 Å². The fourth-order valence-corrected chi connectivity index (χ4v) is 1.15. The molecule has 2 aromatic rings. The van der Waals surface area contributed by atoms with Gasteiger partial charge in [0.1, 0.15) is 0 Å². The maximum atomic E-state index is 5.54. The Bertz CT molecular complexity index is 456. The van der Waals surface area contributed by atoms with Gasteiger partial charge >= 0.3 is 0 Å². The SMILES string of the molecule is Cc1ccc(N)cc1N.Nc1ccc(N)cc1. The molecular formula is C13H18N4. The molecule has 0 spiro atoms. The smallest absolute Gasteiger partial charge is 0.0364 e. The summed E-state index contributed by atoms with van der Waals surface area (Å²) < 4.78 is 0. The van der Waals surface area contributed by atoms with Crippen LogP contribution in [-0.2, 0) is 0 Å². The summed E-state index contributed by atoms with van der Waals surface area (Å²) in [7, 11) is 0. The Balaban J connectivity index is 0.000000171. The van der Waals surface area contributed by atoms with Crippen molar-refractivity contribution < 1.29 is 0 Å². The Hall–Kier alpha value is -2.36. The summed E-state index contributed by atoms with van der Waals surface area (Å²) in [5.41, 5.74) is 25.8. The summed E-state index contributed by atoms with van der Waals surface area (Å²) in [4.78, 5) is 0. The van der Waals surface area contributed by atoms with E-state index in [0.29, 0.717) is 0 Å². The van der Waals surface area contributed by atoms with Crippen LogP contribution in [0.3, 0.4) is 0 Å². The van der Waals surface area contributed by atoms with Gasteiger partial charge in [0.05, 0.1) is 0 Å². The van der Waals surface area contributed by atoms with E-state index in [-0.39, 0.29) is 0 Å². The molecule has 0 saturated heterocycles. The Kier molecular flexibility index (Phi) is 4.22. The number of aryl methyl sites for hydroxylation is 1. The fourth-order valence-electron chi connectivity index (χ4n) is 1.15. The second-order valence-electron chi connectivity index (χ2n) is 3.78. The summed E-state index contributed by atoms with van der Waals surface area (Å²) >= 11 is 0. The van der Waals surface area contributed by atoms with E-state index in [1.807, 2.05) is 19.1 Å². The predicted molar refractivity (Wildman–Crippen MR) is 75.3 cm³/mol. The number of hydrogen-bond donors (Lipinski definition) is 4. The predicted octanol–water partition coefficient (Wildman–Crippen LogP) is 2.01. The molecule has 0 aromatic heterocycles. The van der Waals surface area contributed by atoms with E-state index in [2.05, 4.69) is 0 Å². The number of nitrogens with two attached hydrogens (primary N) is 4. The molecule has 2 rings (SSSR count). The van der Waals surface area contributed by atoms with Crippen LogP contribution in [0.4, 0.5) is 22.7 Å². The molecule has 17 heavy (non-hydrogen) atoms. The second-order valence-corrected chi connectivity index (χ2v) is 3.78. The third kappa shape index (κ3) is 4.34. The first kappa shape index (κ1) is 12.7. The molecule has 2 aromatic carbocycles. The monoisotopic (exact) mass is 230 g/mol. The molecular weight excluding hydrogens is 212 g/mol. The summed E-state index contributed by atoms with van der Waals surface area (Å²) in [5, 5.41) is 0. The Morgan fingerprint density at radius 1 is 0.647 bits per heavy atom. The third-order valence-electron chi connectivity index (χ3n) is 2.24. The Morgan fingerprint density at radius 3 is 1.41 bits per heavy atom. The van der Waals surface area contributed by atoms with Gasteiger partial charge in [0.2, 0.25) is 0 Å². The van der Waals surface area contributed by atoms with E-state index < -0.39 is 0 Å². The van der Waals surface area contributed by atoms with Gasteiger partial charge in [0.25, 0.3) is 0 Å². The molecule has 0 aliphatic carbocycles. The van der Waals surface area contributed by atoms with E-state index in [1.165, 1.54) is 0 Å². The molecule has 0 aliphatic rings. The van der Waals surface area contributed by atoms with Gasteiger partial charge in [-0.1, -0.05) is 6.07 Å². The average Bonchev–Trinajstić information content (AvgIpc) is 2.29. The van der Waals surface area contributed by atoms with Gasteiger partial charge in [-0.2, -0.15) is 0 Å². The summed E-state index contributed by atoms with van der Waals surface area (Å²) in [5.74, 6) is 0. The molecule has 0 radical (unpaired) electrons. The lowest BCUT2D eigenvalue weighted by atomic mass is 10.2. The van der Waals surface area contributed by atoms with Crippen LogP contribution in [0.5, 0.6) is 0 Å². The van der Waals surface area contributed by atoms with Crippen molar-refractivity contribution in [3.05, 3.63) is 48.0 Å². The standard InChI is InChI=1S/C7H10N2.C6H8N2/c1-5-2-3-6(8)4-7(5)9;7-5-1-2-6(8)4-3-5/h2-4H,8-9H2,1H3;1-4H,7-8H2. The minimum atomic E-state index is 0.720. The highest BCUT2D eigenvalue weighted by molar-refractivity contribution is 5.55. The minimum Gasteiger partial charge on any atom is -0.399 e. The van der Waals surface area contributed by atoms with Crippen LogP contribution >= 0.6 is 0 Å². The Labute approximate surface area is 101 Å². The van der Waals surface area contributed by atoms with Crippen LogP contribution in [-0.4, -0.2) is 0 Å². The van der Waals surface area contributed by atoms with Gasteiger partial charge in [-0.05, 0) is 48.9 Å². The van der Waals surface area contributed by atoms with E-state index in [0.717, 1.165) is 28.3 Å². The number of benzene rings is 2. The van der Waals surface area contributed by atoms with Crippen LogP contribution in [0.15, 0.2) is 42.5 Å². The van der Waals surface area contributed by atoms with Crippen LogP contribution in [0.2, 0.25) is 0 Å². The van der Waals surface area contributed by atoms with Crippen LogP contribution in [0.25, 0.3) is 0 Å². The third-order valence-corrected chi connectivity index (χ3v) is 2.24. The van der Waals surface area contributed by atoms with Gasteiger partial charge in [0, 0.05) is 22.7 Å². The van der Waals surface area contributed by atoms with Crippen LogP contribution in [0, 0.1) is 6.92 Å². The normalized spacial score (nSPS) is 9.24.